The Morgan fingerprint density at radius 3 is 2.64 bits per heavy atom. The van der Waals surface area contributed by atoms with Gasteiger partial charge in [0.1, 0.15) is 17.3 Å². The highest BCUT2D eigenvalue weighted by atomic mass is 32.2. The molecule has 0 bridgehead atoms. The predicted octanol–water partition coefficient (Wildman–Crippen LogP) is 3.36. The number of ketones is 1. The van der Waals surface area contributed by atoms with Crippen LogP contribution in [0.5, 0.6) is 0 Å². The average molecular weight is 212 g/mol. The van der Waals surface area contributed by atoms with Crippen molar-refractivity contribution in [3.8, 4) is 0 Å². The van der Waals surface area contributed by atoms with Crippen LogP contribution in [0.3, 0.4) is 0 Å². The van der Waals surface area contributed by atoms with E-state index in [0.29, 0.717) is 11.7 Å². The molecule has 0 aliphatic rings. The van der Waals surface area contributed by atoms with Crippen molar-refractivity contribution in [3.05, 3.63) is 17.6 Å². The normalized spacial score (nSPS) is 12.9. The molecule has 1 aromatic rings. The fraction of sp³-hybridized carbons (Fsp3) is 0.545. The van der Waals surface area contributed by atoms with E-state index in [2.05, 4.69) is 6.92 Å². The first-order valence-electron chi connectivity index (χ1n) is 4.72. The van der Waals surface area contributed by atoms with Crippen LogP contribution in [0.2, 0.25) is 0 Å². The summed E-state index contributed by atoms with van der Waals surface area (Å²) >= 11 is 1.70. The molecule has 1 unspecified atom stereocenters. The Morgan fingerprint density at radius 1 is 1.57 bits per heavy atom. The zero-order chi connectivity index (χ0) is 10.7. The second kappa shape index (κ2) is 4.69. The van der Waals surface area contributed by atoms with Crippen molar-refractivity contribution in [2.75, 3.05) is 0 Å². The molecule has 1 aromatic heterocycles. The molecule has 0 fully saturated rings. The number of aryl methyl sites for hydroxylation is 2. The lowest BCUT2D eigenvalue weighted by Crippen LogP contribution is -2.02. The number of rotatable bonds is 4. The molecule has 0 saturated heterocycles. The molecule has 2 nitrogen and oxygen atoms in total. The van der Waals surface area contributed by atoms with Crippen molar-refractivity contribution >= 4 is 17.5 Å². The number of hydrogen-bond donors (Lipinski definition) is 0. The molecule has 0 aliphatic heterocycles. The van der Waals surface area contributed by atoms with Crippen molar-refractivity contribution in [2.45, 2.75) is 44.3 Å². The number of carbonyl (C=O) groups excluding carboxylic acids is 1. The Kier molecular flexibility index (Phi) is 3.81. The van der Waals surface area contributed by atoms with Gasteiger partial charge in [-0.15, -0.1) is 11.8 Å². The fourth-order valence-electron chi connectivity index (χ4n) is 1.39. The molecule has 1 atom stereocenters. The van der Waals surface area contributed by atoms with Crippen molar-refractivity contribution < 1.29 is 9.21 Å². The minimum atomic E-state index is 0.239. The minimum Gasteiger partial charge on any atom is -0.465 e. The van der Waals surface area contributed by atoms with Gasteiger partial charge in [-0.05, 0) is 26.8 Å². The van der Waals surface area contributed by atoms with Crippen LogP contribution in [0.4, 0.5) is 0 Å². The van der Waals surface area contributed by atoms with E-state index in [0.717, 1.165) is 16.4 Å². The Bertz CT molecular complexity index is 328. The van der Waals surface area contributed by atoms with Crippen molar-refractivity contribution in [2.24, 2.45) is 0 Å². The molecule has 1 heterocycles. The van der Waals surface area contributed by atoms with Crippen LogP contribution in [0, 0.1) is 13.8 Å². The van der Waals surface area contributed by atoms with E-state index in [4.69, 9.17) is 4.42 Å². The molecule has 0 N–H and O–H groups in total. The van der Waals surface area contributed by atoms with Crippen molar-refractivity contribution in [1.29, 1.82) is 0 Å². The molecule has 78 valence electrons. The van der Waals surface area contributed by atoms with Gasteiger partial charge in [0.05, 0.1) is 0 Å². The van der Waals surface area contributed by atoms with Gasteiger partial charge in [-0.3, -0.25) is 4.79 Å². The Labute approximate surface area is 89.1 Å². The van der Waals surface area contributed by atoms with E-state index < -0.39 is 0 Å². The number of thioether (sulfide) groups is 1. The molecule has 0 radical (unpaired) electrons. The van der Waals surface area contributed by atoms with Gasteiger partial charge >= 0.3 is 0 Å². The SMILES string of the molecule is CC(=O)CC(C)Sc1cc(C)oc1C. The summed E-state index contributed by atoms with van der Waals surface area (Å²) in [5.41, 5.74) is 0. The molecule has 0 amide bonds. The lowest BCUT2D eigenvalue weighted by atomic mass is 10.2. The molecule has 0 aromatic carbocycles. The van der Waals surface area contributed by atoms with Crippen LogP contribution in [-0.2, 0) is 4.79 Å². The summed E-state index contributed by atoms with van der Waals surface area (Å²) in [5, 5.41) is 0.322. The van der Waals surface area contributed by atoms with Crippen molar-refractivity contribution in [3.63, 3.8) is 0 Å². The van der Waals surface area contributed by atoms with Gasteiger partial charge in [0.15, 0.2) is 0 Å². The Hall–Kier alpha value is -0.700. The maximum atomic E-state index is 10.9. The average Bonchev–Trinajstić information content (AvgIpc) is 2.28. The van der Waals surface area contributed by atoms with Crippen LogP contribution in [0.15, 0.2) is 15.4 Å². The fourth-order valence-corrected chi connectivity index (χ4v) is 2.58. The second-order valence-electron chi connectivity index (χ2n) is 3.61. The third-order valence-corrected chi connectivity index (χ3v) is 3.13. The first-order chi connectivity index (χ1) is 6.49. The van der Waals surface area contributed by atoms with E-state index in [1.807, 2.05) is 19.9 Å². The predicted molar refractivity (Wildman–Crippen MR) is 58.8 cm³/mol. The first kappa shape index (κ1) is 11.4. The minimum absolute atomic E-state index is 0.239. The van der Waals surface area contributed by atoms with Gasteiger partial charge in [-0.1, -0.05) is 6.92 Å². The third-order valence-electron chi connectivity index (χ3n) is 1.90. The molecule has 0 saturated carbocycles. The lowest BCUT2D eigenvalue weighted by molar-refractivity contribution is -0.116. The van der Waals surface area contributed by atoms with Crippen LogP contribution in [0.1, 0.15) is 31.8 Å². The molecule has 1 rings (SSSR count). The van der Waals surface area contributed by atoms with Gasteiger partial charge in [0.2, 0.25) is 0 Å². The van der Waals surface area contributed by atoms with Gasteiger partial charge in [-0.2, -0.15) is 0 Å². The molecule has 3 heteroatoms. The maximum Gasteiger partial charge on any atom is 0.130 e. The lowest BCUT2D eigenvalue weighted by Gasteiger charge is -2.07. The van der Waals surface area contributed by atoms with Gasteiger partial charge in [0, 0.05) is 16.6 Å². The quantitative estimate of drug-likeness (QED) is 0.717. The maximum absolute atomic E-state index is 10.9. The highest BCUT2D eigenvalue weighted by Crippen LogP contribution is 2.30. The number of carbonyl (C=O) groups is 1. The summed E-state index contributed by atoms with van der Waals surface area (Å²) in [6, 6.07) is 2.02. The van der Waals surface area contributed by atoms with Crippen LogP contribution < -0.4 is 0 Å². The zero-order valence-electron chi connectivity index (χ0n) is 9.09. The van der Waals surface area contributed by atoms with Crippen molar-refractivity contribution in [1.82, 2.24) is 0 Å². The summed E-state index contributed by atoms with van der Waals surface area (Å²) in [5.74, 6) is 2.12. The molecular formula is C11H16O2S. The topological polar surface area (TPSA) is 30.2 Å². The largest absolute Gasteiger partial charge is 0.465 e. The van der Waals surface area contributed by atoms with Crippen LogP contribution in [-0.4, -0.2) is 11.0 Å². The van der Waals surface area contributed by atoms with Gasteiger partial charge in [-0.25, -0.2) is 0 Å². The molecular weight excluding hydrogens is 196 g/mol. The molecule has 14 heavy (non-hydrogen) atoms. The summed E-state index contributed by atoms with van der Waals surface area (Å²) in [6.07, 6.45) is 0.619. The van der Waals surface area contributed by atoms with E-state index >= 15 is 0 Å². The smallest absolute Gasteiger partial charge is 0.130 e. The summed E-state index contributed by atoms with van der Waals surface area (Å²) in [4.78, 5) is 12.0. The van der Waals surface area contributed by atoms with E-state index in [-0.39, 0.29) is 5.78 Å². The highest BCUT2D eigenvalue weighted by Gasteiger charge is 2.11. The van der Waals surface area contributed by atoms with Gasteiger partial charge in [0.25, 0.3) is 0 Å². The summed E-state index contributed by atoms with van der Waals surface area (Å²) < 4.78 is 5.41. The van der Waals surface area contributed by atoms with Crippen LogP contribution in [0.25, 0.3) is 0 Å². The Balaban J connectivity index is 2.59. The van der Waals surface area contributed by atoms with Crippen LogP contribution >= 0.6 is 11.8 Å². The van der Waals surface area contributed by atoms with Gasteiger partial charge < -0.3 is 4.42 Å². The number of hydrogen-bond acceptors (Lipinski definition) is 3. The van der Waals surface area contributed by atoms with E-state index in [1.54, 1.807) is 18.7 Å². The monoisotopic (exact) mass is 212 g/mol. The first-order valence-corrected chi connectivity index (χ1v) is 5.60. The number of Topliss-reactive ketones (excluding diaryl/α,β-unsaturated/α-hetero) is 1. The number of furan rings is 1. The summed E-state index contributed by atoms with van der Waals surface area (Å²) in [6.45, 7) is 7.58. The summed E-state index contributed by atoms with van der Waals surface area (Å²) in [7, 11) is 0. The van der Waals surface area contributed by atoms with E-state index in [9.17, 15) is 4.79 Å². The standard InChI is InChI=1S/C11H16O2S/c1-7(12)5-9(3)14-11-6-8(2)13-10(11)4/h6,9H,5H2,1-4H3. The third kappa shape index (κ3) is 3.22. The molecule has 0 aliphatic carbocycles. The highest BCUT2D eigenvalue weighted by molar-refractivity contribution is 8.00. The Morgan fingerprint density at radius 2 is 2.21 bits per heavy atom. The second-order valence-corrected chi connectivity index (χ2v) is 5.09. The molecule has 0 spiro atoms. The van der Waals surface area contributed by atoms with E-state index in [1.165, 1.54) is 0 Å². The zero-order valence-corrected chi connectivity index (χ0v) is 9.90.